The van der Waals surface area contributed by atoms with E-state index in [0.29, 0.717) is 19.6 Å². The first kappa shape index (κ1) is 20.9. The molecule has 2 unspecified atom stereocenters. The van der Waals surface area contributed by atoms with Crippen LogP contribution in [0.1, 0.15) is 43.9 Å². The number of carbonyl (C=O) groups is 1. The zero-order valence-electron chi connectivity index (χ0n) is 15.4. The molecule has 1 aliphatic rings. The molecule has 5 heteroatoms. The zero-order chi connectivity index (χ0) is 17.3. The van der Waals surface area contributed by atoms with E-state index < -0.39 is 5.54 Å². The third kappa shape index (κ3) is 3.61. The maximum atomic E-state index is 12.6. The third-order valence-corrected chi connectivity index (χ3v) is 5.54. The molecule has 0 aliphatic heterocycles. The Bertz CT molecular complexity index is 568. The van der Waals surface area contributed by atoms with Crippen LogP contribution in [0.15, 0.2) is 18.2 Å². The van der Waals surface area contributed by atoms with E-state index in [-0.39, 0.29) is 29.8 Å². The second-order valence-corrected chi connectivity index (χ2v) is 7.22. The van der Waals surface area contributed by atoms with Crippen molar-refractivity contribution >= 4 is 18.3 Å². The molecule has 2 rings (SSSR count). The van der Waals surface area contributed by atoms with Crippen molar-refractivity contribution in [3.63, 3.8) is 0 Å². The van der Waals surface area contributed by atoms with E-state index in [1.807, 2.05) is 20.8 Å². The fourth-order valence-corrected chi connectivity index (χ4v) is 3.52. The monoisotopic (exact) mass is 354 g/mol. The Morgan fingerprint density at radius 2 is 1.92 bits per heavy atom. The number of rotatable bonds is 6. The zero-order valence-corrected chi connectivity index (χ0v) is 16.3. The lowest BCUT2D eigenvalue weighted by Crippen LogP contribution is -2.75. The molecule has 0 radical (unpaired) electrons. The Kier molecular flexibility index (Phi) is 6.85. The summed E-state index contributed by atoms with van der Waals surface area (Å²) in [5.41, 5.74) is 9.05. The standard InChI is InChI=1S/C19H30N2O2.ClH/c1-6-23-16-12-19(20,18(16,4)5)17(22)21-11-10-15-13(2)8-7-9-14(15)3;/h7-9,16H,6,10-12,20H2,1-5H3,(H,21,22);1H. The van der Waals surface area contributed by atoms with Gasteiger partial charge >= 0.3 is 0 Å². The van der Waals surface area contributed by atoms with Crippen molar-refractivity contribution in [3.05, 3.63) is 34.9 Å². The first-order valence-corrected chi connectivity index (χ1v) is 8.48. The van der Waals surface area contributed by atoms with Gasteiger partial charge in [0.1, 0.15) is 5.54 Å². The van der Waals surface area contributed by atoms with Gasteiger partial charge in [-0.05, 0) is 43.9 Å². The molecule has 0 heterocycles. The van der Waals surface area contributed by atoms with Crippen LogP contribution in [0.25, 0.3) is 0 Å². The molecule has 1 saturated carbocycles. The van der Waals surface area contributed by atoms with Gasteiger partial charge in [-0.3, -0.25) is 4.79 Å². The summed E-state index contributed by atoms with van der Waals surface area (Å²) in [5, 5.41) is 3.03. The highest BCUT2D eigenvalue weighted by atomic mass is 35.5. The lowest BCUT2D eigenvalue weighted by Gasteiger charge is -2.57. The van der Waals surface area contributed by atoms with Gasteiger partial charge in [-0.25, -0.2) is 0 Å². The van der Waals surface area contributed by atoms with Crippen LogP contribution in [0, 0.1) is 19.3 Å². The topological polar surface area (TPSA) is 64.3 Å². The van der Waals surface area contributed by atoms with Crippen LogP contribution < -0.4 is 11.1 Å². The largest absolute Gasteiger partial charge is 0.378 e. The first-order chi connectivity index (χ1) is 10.7. The molecule has 4 nitrogen and oxygen atoms in total. The van der Waals surface area contributed by atoms with Crippen LogP contribution in [0.2, 0.25) is 0 Å². The number of ether oxygens (including phenoxy) is 1. The maximum Gasteiger partial charge on any atom is 0.240 e. The second-order valence-electron chi connectivity index (χ2n) is 7.22. The minimum Gasteiger partial charge on any atom is -0.378 e. The van der Waals surface area contributed by atoms with Crippen LogP contribution >= 0.6 is 12.4 Å². The highest BCUT2D eigenvalue weighted by Crippen LogP contribution is 2.49. The van der Waals surface area contributed by atoms with E-state index in [1.54, 1.807) is 0 Å². The molecule has 1 aliphatic carbocycles. The van der Waals surface area contributed by atoms with Gasteiger partial charge in [0.25, 0.3) is 0 Å². The summed E-state index contributed by atoms with van der Waals surface area (Å²) in [4.78, 5) is 12.6. The van der Waals surface area contributed by atoms with Gasteiger partial charge in [0.2, 0.25) is 5.91 Å². The number of nitrogens with one attached hydrogen (secondary N) is 1. The summed E-state index contributed by atoms with van der Waals surface area (Å²) in [6, 6.07) is 6.28. The summed E-state index contributed by atoms with van der Waals surface area (Å²) >= 11 is 0. The molecule has 2 atom stereocenters. The Morgan fingerprint density at radius 1 is 1.33 bits per heavy atom. The van der Waals surface area contributed by atoms with E-state index in [4.69, 9.17) is 10.5 Å². The van der Waals surface area contributed by atoms with Gasteiger partial charge in [0.05, 0.1) is 6.10 Å². The number of carbonyl (C=O) groups excluding carboxylic acids is 1. The van der Waals surface area contributed by atoms with Crippen molar-refractivity contribution in [3.8, 4) is 0 Å². The Morgan fingerprint density at radius 3 is 2.42 bits per heavy atom. The predicted molar refractivity (Wildman–Crippen MR) is 101 cm³/mol. The van der Waals surface area contributed by atoms with Crippen molar-refractivity contribution in [2.45, 2.75) is 59.1 Å². The maximum absolute atomic E-state index is 12.6. The van der Waals surface area contributed by atoms with E-state index in [1.165, 1.54) is 16.7 Å². The molecular formula is C19H31ClN2O2. The number of nitrogens with two attached hydrogens (primary N) is 1. The van der Waals surface area contributed by atoms with Crippen LogP contribution in [0.4, 0.5) is 0 Å². The summed E-state index contributed by atoms with van der Waals surface area (Å²) in [7, 11) is 0. The molecule has 136 valence electrons. The number of aryl methyl sites for hydroxylation is 2. The number of amides is 1. The van der Waals surface area contributed by atoms with Crippen LogP contribution in [0.5, 0.6) is 0 Å². The van der Waals surface area contributed by atoms with E-state index >= 15 is 0 Å². The van der Waals surface area contributed by atoms with Gasteiger partial charge in [-0.15, -0.1) is 12.4 Å². The number of hydrogen-bond acceptors (Lipinski definition) is 3. The molecule has 1 aromatic carbocycles. The Labute approximate surface area is 151 Å². The molecule has 0 saturated heterocycles. The van der Waals surface area contributed by atoms with Crippen LogP contribution in [-0.4, -0.2) is 30.7 Å². The quantitative estimate of drug-likeness (QED) is 0.825. The Balaban J connectivity index is 0.00000288. The summed E-state index contributed by atoms with van der Waals surface area (Å²) in [5.74, 6) is -0.0651. The van der Waals surface area contributed by atoms with Crippen molar-refractivity contribution in [2.75, 3.05) is 13.2 Å². The highest BCUT2D eigenvalue weighted by Gasteiger charge is 2.62. The normalized spacial score (nSPS) is 24.7. The molecule has 0 spiro atoms. The molecular weight excluding hydrogens is 324 g/mol. The van der Waals surface area contributed by atoms with Crippen LogP contribution in [0.3, 0.4) is 0 Å². The average molecular weight is 355 g/mol. The average Bonchev–Trinajstić information content (AvgIpc) is 2.49. The van der Waals surface area contributed by atoms with Gasteiger partial charge in [-0.2, -0.15) is 0 Å². The molecule has 0 bridgehead atoms. The van der Waals surface area contributed by atoms with E-state index in [9.17, 15) is 4.79 Å². The van der Waals surface area contributed by atoms with Gasteiger partial charge in [-0.1, -0.05) is 32.0 Å². The number of halogens is 1. The fourth-order valence-electron chi connectivity index (χ4n) is 3.52. The Hall–Kier alpha value is -1.10. The molecule has 0 aromatic heterocycles. The number of hydrogen-bond donors (Lipinski definition) is 2. The smallest absolute Gasteiger partial charge is 0.240 e. The van der Waals surface area contributed by atoms with Crippen LogP contribution in [-0.2, 0) is 16.0 Å². The molecule has 3 N–H and O–H groups in total. The van der Waals surface area contributed by atoms with Crippen molar-refractivity contribution in [2.24, 2.45) is 11.1 Å². The van der Waals surface area contributed by atoms with E-state index in [0.717, 1.165) is 6.42 Å². The molecule has 24 heavy (non-hydrogen) atoms. The van der Waals surface area contributed by atoms with Crippen molar-refractivity contribution in [1.82, 2.24) is 5.32 Å². The lowest BCUT2D eigenvalue weighted by molar-refractivity contribution is -0.170. The van der Waals surface area contributed by atoms with Gasteiger partial charge in [0, 0.05) is 25.0 Å². The number of benzene rings is 1. The SMILES string of the molecule is CCOC1CC(N)(C(=O)NCCc2c(C)cccc2C)C1(C)C.Cl. The van der Waals surface area contributed by atoms with E-state index in [2.05, 4.69) is 37.4 Å². The van der Waals surface area contributed by atoms with Crippen molar-refractivity contribution in [1.29, 1.82) is 0 Å². The molecule has 1 fully saturated rings. The summed E-state index contributed by atoms with van der Waals surface area (Å²) in [6.07, 6.45) is 1.47. The minimum absolute atomic E-state index is 0. The van der Waals surface area contributed by atoms with Gasteiger partial charge < -0.3 is 15.8 Å². The van der Waals surface area contributed by atoms with Gasteiger partial charge in [0.15, 0.2) is 0 Å². The summed E-state index contributed by atoms with van der Waals surface area (Å²) in [6.45, 7) is 11.5. The predicted octanol–water partition coefficient (Wildman–Crippen LogP) is 2.92. The second kappa shape index (κ2) is 7.85. The minimum atomic E-state index is -0.840. The first-order valence-electron chi connectivity index (χ1n) is 8.48. The van der Waals surface area contributed by atoms with Crippen molar-refractivity contribution < 1.29 is 9.53 Å². The summed E-state index contributed by atoms with van der Waals surface area (Å²) < 4.78 is 5.68. The molecule has 1 amide bonds. The highest BCUT2D eigenvalue weighted by molar-refractivity contribution is 5.88. The molecule has 1 aromatic rings. The third-order valence-electron chi connectivity index (χ3n) is 5.54. The lowest BCUT2D eigenvalue weighted by atomic mass is 9.54. The fraction of sp³-hybridized carbons (Fsp3) is 0.632.